The van der Waals surface area contributed by atoms with E-state index in [1.807, 2.05) is 19.9 Å². The van der Waals surface area contributed by atoms with E-state index >= 15 is 0 Å². The molecule has 0 atom stereocenters. The molecule has 0 aromatic rings. The van der Waals surface area contributed by atoms with Gasteiger partial charge in [-0.15, -0.1) is 0 Å². The minimum absolute atomic E-state index is 0.191. The summed E-state index contributed by atoms with van der Waals surface area (Å²) in [5.41, 5.74) is 1.09. The van der Waals surface area contributed by atoms with E-state index in [9.17, 15) is 4.79 Å². The Bertz CT molecular complexity index is 261. The number of nitriles is 1. The number of rotatable bonds is 5. The maximum Gasteiger partial charge on any atom is 0.348 e. The van der Waals surface area contributed by atoms with Gasteiger partial charge in [0.15, 0.2) is 0 Å². The van der Waals surface area contributed by atoms with Crippen LogP contribution in [-0.4, -0.2) is 12.6 Å². The maximum atomic E-state index is 11.3. The van der Waals surface area contributed by atoms with Crippen molar-refractivity contribution in [2.45, 2.75) is 40.0 Å². The first kappa shape index (κ1) is 12.7. The van der Waals surface area contributed by atoms with E-state index in [1.165, 1.54) is 0 Å². The number of esters is 1. The smallest absolute Gasteiger partial charge is 0.348 e. The van der Waals surface area contributed by atoms with Crippen molar-refractivity contribution in [1.29, 1.82) is 5.26 Å². The van der Waals surface area contributed by atoms with Crippen LogP contribution >= 0.6 is 0 Å². The highest BCUT2D eigenvalue weighted by molar-refractivity contribution is 5.93. The average molecular weight is 195 g/mol. The van der Waals surface area contributed by atoms with Crippen molar-refractivity contribution in [3.05, 3.63) is 11.1 Å². The van der Waals surface area contributed by atoms with Gasteiger partial charge in [-0.25, -0.2) is 4.79 Å². The third-order valence-corrected chi connectivity index (χ3v) is 1.92. The second-order valence-corrected chi connectivity index (χ2v) is 2.91. The Labute approximate surface area is 85.4 Å². The Morgan fingerprint density at radius 1 is 1.36 bits per heavy atom. The maximum absolute atomic E-state index is 11.3. The number of hydrogen-bond donors (Lipinski definition) is 0. The summed E-state index contributed by atoms with van der Waals surface area (Å²) in [6.07, 6.45) is 2.46. The second-order valence-electron chi connectivity index (χ2n) is 2.91. The van der Waals surface area contributed by atoms with Crippen molar-refractivity contribution in [2.75, 3.05) is 6.61 Å². The summed E-state index contributed by atoms with van der Waals surface area (Å²) in [7, 11) is 0. The Kier molecular flexibility index (Phi) is 6.47. The zero-order chi connectivity index (χ0) is 11.0. The van der Waals surface area contributed by atoms with E-state index in [0.29, 0.717) is 6.61 Å². The summed E-state index contributed by atoms with van der Waals surface area (Å²) >= 11 is 0. The molecule has 14 heavy (non-hydrogen) atoms. The molecule has 0 aliphatic heterocycles. The number of carbonyl (C=O) groups excluding carboxylic acids is 1. The highest BCUT2D eigenvalue weighted by atomic mass is 16.5. The molecule has 0 heterocycles. The predicted molar refractivity (Wildman–Crippen MR) is 54.5 cm³/mol. The van der Waals surface area contributed by atoms with Crippen LogP contribution < -0.4 is 0 Å². The molecule has 3 heteroatoms. The molecule has 0 aliphatic carbocycles. The lowest BCUT2D eigenvalue weighted by molar-refractivity contribution is -0.138. The van der Waals surface area contributed by atoms with Crippen LogP contribution in [0.15, 0.2) is 11.1 Å². The molecule has 0 saturated carbocycles. The number of allylic oxidation sites excluding steroid dienone is 1. The zero-order valence-corrected chi connectivity index (χ0v) is 9.09. The van der Waals surface area contributed by atoms with Gasteiger partial charge in [0.2, 0.25) is 0 Å². The van der Waals surface area contributed by atoms with Crippen LogP contribution in [0.3, 0.4) is 0 Å². The molecule has 0 fully saturated rings. The van der Waals surface area contributed by atoms with Crippen LogP contribution in [0.25, 0.3) is 0 Å². The summed E-state index contributed by atoms with van der Waals surface area (Å²) in [5.74, 6) is -0.486. The van der Waals surface area contributed by atoms with E-state index in [1.54, 1.807) is 6.92 Å². The van der Waals surface area contributed by atoms with Gasteiger partial charge in [0.25, 0.3) is 0 Å². The molecule has 0 unspecified atom stereocenters. The Morgan fingerprint density at radius 2 is 2.00 bits per heavy atom. The van der Waals surface area contributed by atoms with Crippen LogP contribution in [-0.2, 0) is 9.53 Å². The molecule has 0 amide bonds. The fraction of sp³-hybridized carbons (Fsp3) is 0.636. The first-order chi connectivity index (χ1) is 6.71. The SMILES string of the molecule is CCC/C(CC)=C(\C#N)C(=O)OCC. The van der Waals surface area contributed by atoms with Crippen LogP contribution in [0.1, 0.15) is 40.0 Å². The summed E-state index contributed by atoms with van der Waals surface area (Å²) in [6, 6.07) is 1.93. The minimum atomic E-state index is -0.486. The second kappa shape index (κ2) is 7.14. The van der Waals surface area contributed by atoms with Gasteiger partial charge in [0.1, 0.15) is 11.6 Å². The van der Waals surface area contributed by atoms with E-state index in [-0.39, 0.29) is 5.57 Å². The van der Waals surface area contributed by atoms with E-state index < -0.39 is 5.97 Å². The lowest BCUT2D eigenvalue weighted by Crippen LogP contribution is -2.09. The van der Waals surface area contributed by atoms with Gasteiger partial charge in [-0.2, -0.15) is 5.26 Å². The molecule has 78 valence electrons. The van der Waals surface area contributed by atoms with E-state index in [4.69, 9.17) is 10.00 Å². The van der Waals surface area contributed by atoms with Gasteiger partial charge in [-0.3, -0.25) is 0 Å². The summed E-state index contributed by atoms with van der Waals surface area (Å²) in [5, 5.41) is 8.84. The van der Waals surface area contributed by atoms with Crippen LogP contribution in [0.5, 0.6) is 0 Å². The van der Waals surface area contributed by atoms with Gasteiger partial charge >= 0.3 is 5.97 Å². The molecule has 0 spiro atoms. The van der Waals surface area contributed by atoms with Crippen molar-refractivity contribution in [3.8, 4) is 6.07 Å². The number of ether oxygens (including phenoxy) is 1. The fourth-order valence-electron chi connectivity index (χ4n) is 1.25. The Morgan fingerprint density at radius 3 is 2.36 bits per heavy atom. The molecule has 3 nitrogen and oxygen atoms in total. The number of carbonyl (C=O) groups is 1. The van der Waals surface area contributed by atoms with Crippen LogP contribution in [0.4, 0.5) is 0 Å². The highest BCUT2D eigenvalue weighted by Crippen LogP contribution is 2.15. The largest absolute Gasteiger partial charge is 0.462 e. The van der Waals surface area contributed by atoms with E-state index in [2.05, 4.69) is 0 Å². The molecular weight excluding hydrogens is 178 g/mol. The molecule has 0 saturated heterocycles. The van der Waals surface area contributed by atoms with Gasteiger partial charge in [-0.1, -0.05) is 20.3 Å². The van der Waals surface area contributed by atoms with Crippen molar-refractivity contribution in [2.24, 2.45) is 0 Å². The number of nitrogens with zero attached hydrogens (tertiary/aromatic N) is 1. The molecule has 0 aromatic heterocycles. The first-order valence-electron chi connectivity index (χ1n) is 5.00. The van der Waals surface area contributed by atoms with Crippen molar-refractivity contribution < 1.29 is 9.53 Å². The quantitative estimate of drug-likeness (QED) is 0.385. The van der Waals surface area contributed by atoms with E-state index in [0.717, 1.165) is 24.8 Å². The molecular formula is C11H17NO2. The molecule has 0 rings (SSSR count). The lowest BCUT2D eigenvalue weighted by Gasteiger charge is -2.06. The highest BCUT2D eigenvalue weighted by Gasteiger charge is 2.14. The third-order valence-electron chi connectivity index (χ3n) is 1.92. The third kappa shape index (κ3) is 3.61. The number of hydrogen-bond acceptors (Lipinski definition) is 3. The van der Waals surface area contributed by atoms with Crippen LogP contribution in [0.2, 0.25) is 0 Å². The predicted octanol–water partition coefficient (Wildman–Crippen LogP) is 2.58. The fourth-order valence-corrected chi connectivity index (χ4v) is 1.25. The topological polar surface area (TPSA) is 50.1 Å². The summed E-state index contributed by atoms with van der Waals surface area (Å²) < 4.78 is 4.80. The van der Waals surface area contributed by atoms with Gasteiger partial charge in [0.05, 0.1) is 6.61 Å². The first-order valence-corrected chi connectivity index (χ1v) is 5.00. The van der Waals surface area contributed by atoms with Crippen molar-refractivity contribution in [3.63, 3.8) is 0 Å². The van der Waals surface area contributed by atoms with Crippen molar-refractivity contribution >= 4 is 5.97 Å². The van der Waals surface area contributed by atoms with Crippen LogP contribution in [0, 0.1) is 11.3 Å². The Hall–Kier alpha value is -1.30. The molecule has 0 aromatic carbocycles. The lowest BCUT2D eigenvalue weighted by atomic mass is 10.0. The van der Waals surface area contributed by atoms with Gasteiger partial charge < -0.3 is 4.74 Å². The van der Waals surface area contributed by atoms with Crippen molar-refractivity contribution in [1.82, 2.24) is 0 Å². The zero-order valence-electron chi connectivity index (χ0n) is 9.09. The summed E-state index contributed by atoms with van der Waals surface area (Å²) in [6.45, 7) is 6.02. The normalized spacial score (nSPS) is 11.6. The monoisotopic (exact) mass is 195 g/mol. The average Bonchev–Trinajstić information content (AvgIpc) is 2.18. The molecule has 0 radical (unpaired) electrons. The Balaban J connectivity index is 4.80. The summed E-state index contributed by atoms with van der Waals surface area (Å²) in [4.78, 5) is 11.3. The molecule has 0 aliphatic rings. The van der Waals surface area contributed by atoms with Gasteiger partial charge in [0, 0.05) is 0 Å². The molecule has 0 N–H and O–H groups in total. The standard InChI is InChI=1S/C11H17NO2/c1-4-7-9(5-2)10(8-12)11(13)14-6-3/h4-7H2,1-3H3/b10-9+. The molecule has 0 bridgehead atoms. The van der Waals surface area contributed by atoms with Gasteiger partial charge in [-0.05, 0) is 25.3 Å². The minimum Gasteiger partial charge on any atom is -0.462 e.